The highest BCUT2D eigenvalue weighted by Gasteiger charge is 2.42. The molecule has 2 aromatic rings. The number of rotatable bonds is 4. The summed E-state index contributed by atoms with van der Waals surface area (Å²) in [6.07, 6.45) is 6.82. The van der Waals surface area contributed by atoms with Crippen LogP contribution in [0, 0.1) is 0 Å². The molecule has 0 aliphatic carbocycles. The highest BCUT2D eigenvalue weighted by atomic mass is 32.1. The lowest BCUT2D eigenvalue weighted by Gasteiger charge is -2.38. The van der Waals surface area contributed by atoms with Gasteiger partial charge < -0.3 is 10.1 Å². The standard InChI is InChI=1S/C17H22N4OS/c1-3-15(23-10-1)12-21-8-4-17(5-9-21)11-14(13-22-17)20-16-18-6-2-7-19-16/h1-3,6-7,10,14H,4-5,8-9,11-13H2,(H,18,19,20)/t14-/m1/s1. The van der Waals surface area contributed by atoms with Crippen LogP contribution in [0.15, 0.2) is 36.0 Å². The molecule has 4 rings (SSSR count). The van der Waals surface area contributed by atoms with Crippen molar-refractivity contribution in [3.63, 3.8) is 0 Å². The minimum atomic E-state index is 0.0540. The summed E-state index contributed by atoms with van der Waals surface area (Å²) in [6.45, 7) is 4.06. The molecule has 2 fully saturated rings. The van der Waals surface area contributed by atoms with Crippen molar-refractivity contribution in [1.82, 2.24) is 14.9 Å². The molecule has 2 aromatic heterocycles. The van der Waals surface area contributed by atoms with E-state index in [2.05, 4.69) is 37.7 Å². The lowest BCUT2D eigenvalue weighted by Crippen LogP contribution is -2.44. The number of nitrogens with one attached hydrogen (secondary N) is 1. The van der Waals surface area contributed by atoms with E-state index in [-0.39, 0.29) is 5.60 Å². The average Bonchev–Trinajstić information content (AvgIpc) is 3.22. The fourth-order valence-electron chi connectivity index (χ4n) is 3.58. The summed E-state index contributed by atoms with van der Waals surface area (Å²) in [7, 11) is 0. The smallest absolute Gasteiger partial charge is 0.222 e. The van der Waals surface area contributed by atoms with E-state index in [0.717, 1.165) is 45.5 Å². The summed E-state index contributed by atoms with van der Waals surface area (Å²) in [5.41, 5.74) is 0.0540. The number of likely N-dealkylation sites (tertiary alicyclic amines) is 1. The number of piperidine rings is 1. The van der Waals surface area contributed by atoms with E-state index in [4.69, 9.17) is 4.74 Å². The molecule has 0 aromatic carbocycles. The maximum absolute atomic E-state index is 6.21. The number of aromatic nitrogens is 2. The maximum atomic E-state index is 6.21. The first-order chi connectivity index (χ1) is 11.3. The molecule has 5 nitrogen and oxygen atoms in total. The Balaban J connectivity index is 1.29. The quantitative estimate of drug-likeness (QED) is 0.934. The zero-order valence-electron chi connectivity index (χ0n) is 13.1. The Bertz CT molecular complexity index is 611. The summed E-state index contributed by atoms with van der Waals surface area (Å²) in [5.74, 6) is 0.702. The van der Waals surface area contributed by atoms with Gasteiger partial charge in [-0.05, 0) is 36.8 Å². The van der Waals surface area contributed by atoms with Crippen LogP contribution in [0.2, 0.25) is 0 Å². The molecule has 1 spiro atoms. The van der Waals surface area contributed by atoms with Crippen LogP contribution in [0.3, 0.4) is 0 Å². The zero-order valence-corrected chi connectivity index (χ0v) is 14.0. The monoisotopic (exact) mass is 330 g/mol. The topological polar surface area (TPSA) is 50.3 Å². The number of ether oxygens (including phenoxy) is 1. The third-order valence-corrected chi connectivity index (χ3v) is 5.70. The number of nitrogens with zero attached hydrogens (tertiary/aromatic N) is 3. The van der Waals surface area contributed by atoms with Crippen LogP contribution in [-0.2, 0) is 11.3 Å². The zero-order chi connectivity index (χ0) is 15.5. The number of hydrogen-bond acceptors (Lipinski definition) is 6. The number of hydrogen-bond donors (Lipinski definition) is 1. The minimum Gasteiger partial charge on any atom is -0.373 e. The normalized spacial score (nSPS) is 24.1. The predicted octanol–water partition coefficient (Wildman–Crippen LogP) is 2.77. The van der Waals surface area contributed by atoms with Crippen molar-refractivity contribution in [1.29, 1.82) is 0 Å². The third kappa shape index (κ3) is 3.54. The molecule has 0 saturated carbocycles. The van der Waals surface area contributed by atoms with Crippen molar-refractivity contribution in [2.24, 2.45) is 0 Å². The van der Waals surface area contributed by atoms with Crippen LogP contribution in [0.5, 0.6) is 0 Å². The van der Waals surface area contributed by atoms with Crippen LogP contribution in [0.4, 0.5) is 5.95 Å². The Morgan fingerprint density at radius 2 is 2.09 bits per heavy atom. The molecule has 0 amide bonds. The first-order valence-electron chi connectivity index (χ1n) is 8.24. The molecular weight excluding hydrogens is 308 g/mol. The van der Waals surface area contributed by atoms with Crippen molar-refractivity contribution < 1.29 is 4.74 Å². The summed E-state index contributed by atoms with van der Waals surface area (Å²) in [6, 6.07) is 6.51. The van der Waals surface area contributed by atoms with Gasteiger partial charge in [0.05, 0.1) is 18.2 Å². The van der Waals surface area contributed by atoms with Crippen LogP contribution >= 0.6 is 11.3 Å². The van der Waals surface area contributed by atoms with Crippen LogP contribution in [-0.4, -0.2) is 46.2 Å². The SMILES string of the molecule is c1cnc(N[C@H]2COC3(CCN(Cc4cccs4)CC3)C2)nc1. The van der Waals surface area contributed by atoms with Gasteiger partial charge in [0, 0.05) is 36.9 Å². The third-order valence-electron chi connectivity index (χ3n) is 4.83. The Labute approximate surface area is 140 Å². The molecule has 1 atom stereocenters. The largest absolute Gasteiger partial charge is 0.373 e. The van der Waals surface area contributed by atoms with Crippen LogP contribution in [0.1, 0.15) is 24.1 Å². The van der Waals surface area contributed by atoms with Crippen LogP contribution in [0.25, 0.3) is 0 Å². The maximum Gasteiger partial charge on any atom is 0.222 e. The molecule has 6 heteroatoms. The first-order valence-corrected chi connectivity index (χ1v) is 9.12. The molecular formula is C17H22N4OS. The van der Waals surface area contributed by atoms with E-state index >= 15 is 0 Å². The van der Waals surface area contributed by atoms with Crippen molar-refractivity contribution in [2.75, 3.05) is 25.0 Å². The molecule has 0 bridgehead atoms. The van der Waals surface area contributed by atoms with Gasteiger partial charge in [0.15, 0.2) is 0 Å². The van der Waals surface area contributed by atoms with E-state index in [9.17, 15) is 0 Å². The van der Waals surface area contributed by atoms with Crippen LogP contribution < -0.4 is 5.32 Å². The number of thiophene rings is 1. The molecule has 0 unspecified atom stereocenters. The fraction of sp³-hybridized carbons (Fsp3) is 0.529. The van der Waals surface area contributed by atoms with Crippen molar-refractivity contribution in [2.45, 2.75) is 37.5 Å². The van der Waals surface area contributed by atoms with Gasteiger partial charge in [-0.3, -0.25) is 4.90 Å². The van der Waals surface area contributed by atoms with E-state index in [1.54, 1.807) is 12.4 Å². The van der Waals surface area contributed by atoms with Gasteiger partial charge in [0.1, 0.15) is 0 Å². The average molecular weight is 330 g/mol. The molecule has 1 N–H and O–H groups in total. The summed E-state index contributed by atoms with van der Waals surface area (Å²) in [4.78, 5) is 12.5. The molecule has 4 heterocycles. The van der Waals surface area contributed by atoms with E-state index in [1.165, 1.54) is 4.88 Å². The van der Waals surface area contributed by atoms with Gasteiger partial charge in [-0.2, -0.15) is 0 Å². The van der Waals surface area contributed by atoms with E-state index in [1.807, 2.05) is 17.4 Å². The lowest BCUT2D eigenvalue weighted by molar-refractivity contribution is -0.0446. The summed E-state index contributed by atoms with van der Waals surface area (Å²) >= 11 is 1.85. The molecule has 0 radical (unpaired) electrons. The first kappa shape index (κ1) is 15.1. The molecule has 2 saturated heterocycles. The summed E-state index contributed by atoms with van der Waals surface area (Å²) < 4.78 is 6.21. The van der Waals surface area contributed by atoms with Gasteiger partial charge in [0.25, 0.3) is 0 Å². The predicted molar refractivity (Wildman–Crippen MR) is 91.6 cm³/mol. The highest BCUT2D eigenvalue weighted by molar-refractivity contribution is 7.09. The van der Waals surface area contributed by atoms with Gasteiger partial charge in [-0.15, -0.1) is 11.3 Å². The minimum absolute atomic E-state index is 0.0540. The Hall–Kier alpha value is -1.50. The lowest BCUT2D eigenvalue weighted by atomic mass is 9.87. The fourth-order valence-corrected chi connectivity index (χ4v) is 4.33. The van der Waals surface area contributed by atoms with Gasteiger partial charge >= 0.3 is 0 Å². The molecule has 2 aliphatic heterocycles. The molecule has 2 aliphatic rings. The summed E-state index contributed by atoms with van der Waals surface area (Å²) in [5, 5.41) is 5.56. The van der Waals surface area contributed by atoms with E-state index in [0.29, 0.717) is 12.0 Å². The van der Waals surface area contributed by atoms with Gasteiger partial charge in [0.2, 0.25) is 5.95 Å². The van der Waals surface area contributed by atoms with Gasteiger partial charge in [-0.1, -0.05) is 6.07 Å². The van der Waals surface area contributed by atoms with Crippen molar-refractivity contribution >= 4 is 17.3 Å². The van der Waals surface area contributed by atoms with E-state index < -0.39 is 0 Å². The highest BCUT2D eigenvalue weighted by Crippen LogP contribution is 2.37. The van der Waals surface area contributed by atoms with Crippen molar-refractivity contribution in [3.05, 3.63) is 40.8 Å². The molecule has 23 heavy (non-hydrogen) atoms. The number of anilines is 1. The molecule has 122 valence electrons. The second-order valence-electron chi connectivity index (χ2n) is 6.47. The Kier molecular flexibility index (Phi) is 4.29. The Morgan fingerprint density at radius 1 is 1.26 bits per heavy atom. The second-order valence-corrected chi connectivity index (χ2v) is 7.50. The Morgan fingerprint density at radius 3 is 2.83 bits per heavy atom. The van der Waals surface area contributed by atoms with Crippen molar-refractivity contribution in [3.8, 4) is 0 Å². The van der Waals surface area contributed by atoms with Gasteiger partial charge in [-0.25, -0.2) is 9.97 Å². The second kappa shape index (κ2) is 6.55.